The van der Waals surface area contributed by atoms with Crippen LogP contribution in [0, 0.1) is 11.8 Å². The van der Waals surface area contributed by atoms with E-state index in [1.165, 1.54) is 22.8 Å². The van der Waals surface area contributed by atoms with Crippen LogP contribution in [0.25, 0.3) is 0 Å². The molecule has 1 N–H and O–H groups in total. The highest BCUT2D eigenvalue weighted by atomic mass is 32.1. The maximum absolute atomic E-state index is 10.4. The van der Waals surface area contributed by atoms with Crippen LogP contribution in [0.15, 0.2) is 11.4 Å². The van der Waals surface area contributed by atoms with Crippen LogP contribution < -0.4 is 0 Å². The first kappa shape index (κ1) is 8.50. The second-order valence-corrected chi connectivity index (χ2v) is 2.80. The molecule has 0 fully saturated rings. The smallest absolute Gasteiger partial charge is 0.336 e. The molecule has 0 unspecified atom stereocenters. The molecular weight excluding hydrogens is 176 g/mol. The van der Waals surface area contributed by atoms with E-state index in [-0.39, 0.29) is 5.56 Å². The van der Waals surface area contributed by atoms with Gasteiger partial charge in [-0.05, 0) is 17.9 Å². The van der Waals surface area contributed by atoms with Crippen LogP contribution in [-0.4, -0.2) is 17.4 Å². The number of hydrogen-bond donors (Lipinski definition) is 1. The number of carbonyl (C=O) groups excluding carboxylic acids is 1. The molecule has 3 nitrogen and oxygen atoms in total. The van der Waals surface area contributed by atoms with E-state index in [1.54, 1.807) is 0 Å². The lowest BCUT2D eigenvalue weighted by Gasteiger charge is -1.80. The number of thiophene rings is 1. The Morgan fingerprint density at radius 1 is 1.67 bits per heavy atom. The predicted molar refractivity (Wildman–Crippen MR) is 44.2 cm³/mol. The third-order valence-corrected chi connectivity index (χ3v) is 1.95. The Morgan fingerprint density at radius 2 is 2.42 bits per heavy atom. The molecule has 0 saturated heterocycles. The highest BCUT2D eigenvalue weighted by Gasteiger charge is 2.03. The molecule has 0 spiro atoms. The van der Waals surface area contributed by atoms with Gasteiger partial charge in [0.05, 0.1) is 10.4 Å². The molecule has 0 aliphatic carbocycles. The first-order valence-corrected chi connectivity index (χ1v) is 3.89. The van der Waals surface area contributed by atoms with Gasteiger partial charge >= 0.3 is 5.97 Å². The highest BCUT2D eigenvalue weighted by Crippen LogP contribution is 2.12. The van der Waals surface area contributed by atoms with Crippen LogP contribution >= 0.6 is 11.3 Å². The maximum atomic E-state index is 10.4. The molecule has 12 heavy (non-hydrogen) atoms. The van der Waals surface area contributed by atoms with Crippen molar-refractivity contribution >= 4 is 23.6 Å². The standard InChI is InChI=1S/C8H4O3S/c9-3-1-2-7-4-6(5-12-7)8(10)11/h3-5H,(H,10,11). The molecule has 0 aromatic carbocycles. The van der Waals surface area contributed by atoms with Gasteiger partial charge in [0.15, 0.2) is 6.29 Å². The highest BCUT2D eigenvalue weighted by molar-refractivity contribution is 7.10. The first-order chi connectivity index (χ1) is 5.74. The molecule has 0 aliphatic heterocycles. The average Bonchev–Trinajstić information content (AvgIpc) is 2.48. The summed E-state index contributed by atoms with van der Waals surface area (Å²) in [6.45, 7) is 0. The van der Waals surface area contributed by atoms with E-state index in [0.717, 1.165) is 0 Å². The Morgan fingerprint density at radius 3 is 2.92 bits per heavy atom. The second-order valence-electron chi connectivity index (χ2n) is 1.89. The van der Waals surface area contributed by atoms with Crippen molar-refractivity contribution in [2.75, 3.05) is 0 Å². The van der Waals surface area contributed by atoms with E-state index in [2.05, 4.69) is 11.8 Å². The van der Waals surface area contributed by atoms with Crippen molar-refractivity contribution in [3.05, 3.63) is 21.9 Å². The van der Waals surface area contributed by atoms with Crippen molar-refractivity contribution in [1.29, 1.82) is 0 Å². The van der Waals surface area contributed by atoms with Crippen molar-refractivity contribution < 1.29 is 14.7 Å². The fraction of sp³-hybridized carbons (Fsp3) is 0. The van der Waals surface area contributed by atoms with Gasteiger partial charge in [0.1, 0.15) is 0 Å². The van der Waals surface area contributed by atoms with Crippen molar-refractivity contribution in [2.45, 2.75) is 0 Å². The summed E-state index contributed by atoms with van der Waals surface area (Å²) in [6.07, 6.45) is 0.472. The molecule has 0 atom stereocenters. The third kappa shape index (κ3) is 1.94. The minimum Gasteiger partial charge on any atom is -0.478 e. The van der Waals surface area contributed by atoms with Gasteiger partial charge in [0.2, 0.25) is 0 Å². The van der Waals surface area contributed by atoms with Crippen LogP contribution in [0.1, 0.15) is 15.2 Å². The molecule has 1 rings (SSSR count). The molecular formula is C8H4O3S. The molecule has 1 aromatic heterocycles. The van der Waals surface area contributed by atoms with Gasteiger partial charge < -0.3 is 5.11 Å². The topological polar surface area (TPSA) is 54.4 Å². The molecule has 0 amide bonds. The zero-order chi connectivity index (χ0) is 8.97. The lowest BCUT2D eigenvalue weighted by molar-refractivity contribution is -0.103. The summed E-state index contributed by atoms with van der Waals surface area (Å²) in [6, 6.07) is 1.43. The molecule has 60 valence electrons. The number of carboxylic acids is 1. The first-order valence-electron chi connectivity index (χ1n) is 3.01. The van der Waals surface area contributed by atoms with Crippen LogP contribution in [0.4, 0.5) is 0 Å². The van der Waals surface area contributed by atoms with Crippen molar-refractivity contribution in [3.63, 3.8) is 0 Å². The van der Waals surface area contributed by atoms with Crippen LogP contribution in [-0.2, 0) is 4.79 Å². The lowest BCUT2D eigenvalue weighted by Crippen LogP contribution is -1.91. The fourth-order valence-electron chi connectivity index (χ4n) is 0.615. The summed E-state index contributed by atoms with van der Waals surface area (Å²) in [5.74, 6) is 3.73. The van der Waals surface area contributed by atoms with E-state index in [1.807, 2.05) is 0 Å². The number of carboxylic acid groups (broad SMARTS) is 1. The summed E-state index contributed by atoms with van der Waals surface area (Å²) < 4.78 is 0. The van der Waals surface area contributed by atoms with Gasteiger partial charge in [-0.25, -0.2) is 4.79 Å². The van der Waals surface area contributed by atoms with E-state index in [9.17, 15) is 9.59 Å². The van der Waals surface area contributed by atoms with E-state index < -0.39 is 5.97 Å². The van der Waals surface area contributed by atoms with E-state index in [0.29, 0.717) is 11.2 Å². The van der Waals surface area contributed by atoms with Gasteiger partial charge in [-0.2, -0.15) is 0 Å². The average molecular weight is 180 g/mol. The number of aromatic carboxylic acids is 1. The van der Waals surface area contributed by atoms with E-state index >= 15 is 0 Å². The number of aldehydes is 1. The van der Waals surface area contributed by atoms with Crippen molar-refractivity contribution in [3.8, 4) is 11.8 Å². The zero-order valence-corrected chi connectivity index (χ0v) is 6.72. The van der Waals surface area contributed by atoms with Gasteiger partial charge in [-0.3, -0.25) is 4.79 Å². The molecule has 0 bridgehead atoms. The number of rotatable bonds is 1. The van der Waals surface area contributed by atoms with Gasteiger partial charge in [-0.15, -0.1) is 11.3 Å². The summed E-state index contributed by atoms with van der Waals surface area (Å²) in [7, 11) is 0. The van der Waals surface area contributed by atoms with Gasteiger partial charge in [-0.1, -0.05) is 0 Å². The molecule has 1 heterocycles. The summed E-state index contributed by atoms with van der Waals surface area (Å²) in [5, 5.41) is 10.00. The van der Waals surface area contributed by atoms with Crippen LogP contribution in [0.3, 0.4) is 0 Å². The van der Waals surface area contributed by atoms with Crippen LogP contribution in [0.2, 0.25) is 0 Å². The lowest BCUT2D eigenvalue weighted by atomic mass is 10.3. The monoisotopic (exact) mass is 180 g/mol. The minimum atomic E-state index is -0.981. The fourth-order valence-corrected chi connectivity index (χ4v) is 1.35. The Balaban J connectivity index is 2.91. The normalized spacial score (nSPS) is 8.33. The number of hydrogen-bond acceptors (Lipinski definition) is 3. The maximum Gasteiger partial charge on any atom is 0.336 e. The van der Waals surface area contributed by atoms with Gasteiger partial charge in [0.25, 0.3) is 0 Å². The second kappa shape index (κ2) is 3.69. The Hall–Kier alpha value is -1.60. The predicted octanol–water partition coefficient (Wildman–Crippen LogP) is 0.997. The minimum absolute atomic E-state index is 0.204. The molecule has 4 heteroatoms. The summed E-state index contributed by atoms with van der Waals surface area (Å²) in [5.41, 5.74) is 0.204. The zero-order valence-electron chi connectivity index (χ0n) is 5.90. The Labute approximate surface area is 72.6 Å². The Bertz CT molecular complexity index is 367. The molecule has 1 aromatic rings. The van der Waals surface area contributed by atoms with E-state index in [4.69, 9.17) is 5.11 Å². The Kier molecular flexibility index (Phi) is 2.62. The quantitative estimate of drug-likeness (QED) is 0.518. The molecule has 0 radical (unpaired) electrons. The molecule has 0 saturated carbocycles. The largest absolute Gasteiger partial charge is 0.478 e. The number of carbonyl (C=O) groups is 2. The van der Waals surface area contributed by atoms with Crippen molar-refractivity contribution in [1.82, 2.24) is 0 Å². The SMILES string of the molecule is O=CC#Cc1cc(C(=O)O)cs1. The summed E-state index contributed by atoms with van der Waals surface area (Å²) in [4.78, 5) is 20.8. The van der Waals surface area contributed by atoms with Gasteiger partial charge in [0, 0.05) is 5.38 Å². The van der Waals surface area contributed by atoms with Crippen LogP contribution in [0.5, 0.6) is 0 Å². The third-order valence-electron chi connectivity index (χ3n) is 1.10. The summed E-state index contributed by atoms with van der Waals surface area (Å²) >= 11 is 1.20. The molecule has 0 aliphatic rings. The van der Waals surface area contributed by atoms with Crippen molar-refractivity contribution in [2.24, 2.45) is 0 Å².